The molecule has 21 heavy (non-hydrogen) atoms. The molecule has 2 aromatic rings. The van der Waals surface area contributed by atoms with E-state index in [2.05, 4.69) is 25.6 Å². The number of nitrogens with one attached hydrogen (secondary N) is 1. The van der Waals surface area contributed by atoms with Crippen LogP contribution in [0.5, 0.6) is 0 Å². The highest BCUT2D eigenvalue weighted by atomic mass is 19.1. The summed E-state index contributed by atoms with van der Waals surface area (Å²) in [6.07, 6.45) is 1.32. The smallest absolute Gasteiger partial charge is 0.307 e. The molecular formula is C12H12FN5O3. The fraction of sp³-hybridized carbons (Fsp3) is 0.250. The van der Waals surface area contributed by atoms with Gasteiger partial charge >= 0.3 is 5.97 Å². The number of esters is 1. The number of halogens is 1. The molecule has 0 aliphatic carbocycles. The maximum atomic E-state index is 13.3. The number of benzene rings is 1. The number of hydrogen-bond acceptors (Lipinski definition) is 6. The summed E-state index contributed by atoms with van der Waals surface area (Å²) in [5, 5.41) is 13.1. The number of ether oxygens (including phenoxy) is 1. The van der Waals surface area contributed by atoms with E-state index in [1.54, 1.807) is 0 Å². The Morgan fingerprint density at radius 3 is 2.90 bits per heavy atom. The van der Waals surface area contributed by atoms with Crippen LogP contribution < -0.4 is 5.32 Å². The summed E-state index contributed by atoms with van der Waals surface area (Å²) in [5.74, 6) is -1.55. The van der Waals surface area contributed by atoms with Crippen LogP contribution in [-0.4, -0.2) is 45.7 Å². The standard InChI is InChI=1S/C12H12FN5O3/c1-21-11(19)4-5-14-12(20)9-6-8(13)2-3-10(9)18-7-15-16-17-18/h2-3,6-7H,4-5H2,1H3,(H,14,20). The van der Waals surface area contributed by atoms with Crippen molar-refractivity contribution in [3.8, 4) is 5.69 Å². The summed E-state index contributed by atoms with van der Waals surface area (Å²) in [4.78, 5) is 23.0. The molecule has 8 nitrogen and oxygen atoms in total. The van der Waals surface area contributed by atoms with Crippen LogP contribution in [0.1, 0.15) is 16.8 Å². The molecule has 0 aliphatic rings. The number of tetrazole rings is 1. The lowest BCUT2D eigenvalue weighted by Crippen LogP contribution is -2.27. The number of hydrogen-bond donors (Lipinski definition) is 1. The number of methoxy groups -OCH3 is 1. The SMILES string of the molecule is COC(=O)CCNC(=O)c1cc(F)ccc1-n1cnnn1. The Bertz CT molecular complexity index is 644. The third-order valence-electron chi connectivity index (χ3n) is 2.64. The van der Waals surface area contributed by atoms with Crippen molar-refractivity contribution in [2.45, 2.75) is 6.42 Å². The number of nitrogens with zero attached hydrogens (tertiary/aromatic N) is 4. The molecule has 0 atom stereocenters. The van der Waals surface area contributed by atoms with Crippen molar-refractivity contribution in [2.24, 2.45) is 0 Å². The maximum absolute atomic E-state index is 13.3. The Labute approximate surface area is 118 Å². The highest BCUT2D eigenvalue weighted by Gasteiger charge is 2.15. The van der Waals surface area contributed by atoms with Gasteiger partial charge in [-0.2, -0.15) is 4.68 Å². The van der Waals surface area contributed by atoms with E-state index in [9.17, 15) is 14.0 Å². The molecule has 0 radical (unpaired) electrons. The number of carbonyl (C=O) groups excluding carboxylic acids is 2. The van der Waals surface area contributed by atoms with Gasteiger partial charge in [0.2, 0.25) is 0 Å². The summed E-state index contributed by atoms with van der Waals surface area (Å²) >= 11 is 0. The molecule has 0 aliphatic heterocycles. The third-order valence-corrected chi connectivity index (χ3v) is 2.64. The molecule has 1 aromatic carbocycles. The van der Waals surface area contributed by atoms with Crippen molar-refractivity contribution in [3.63, 3.8) is 0 Å². The molecule has 0 fully saturated rings. The van der Waals surface area contributed by atoms with Crippen molar-refractivity contribution in [2.75, 3.05) is 13.7 Å². The zero-order chi connectivity index (χ0) is 15.2. The van der Waals surface area contributed by atoms with Crippen LogP contribution in [-0.2, 0) is 9.53 Å². The normalized spacial score (nSPS) is 10.2. The molecule has 0 saturated carbocycles. The Hall–Kier alpha value is -2.84. The van der Waals surface area contributed by atoms with Crippen LogP contribution in [0.3, 0.4) is 0 Å². The first-order valence-electron chi connectivity index (χ1n) is 5.99. The zero-order valence-electron chi connectivity index (χ0n) is 11.1. The first kappa shape index (κ1) is 14.6. The van der Waals surface area contributed by atoms with E-state index < -0.39 is 17.7 Å². The van der Waals surface area contributed by atoms with Crippen molar-refractivity contribution < 1.29 is 18.7 Å². The van der Waals surface area contributed by atoms with E-state index >= 15 is 0 Å². The van der Waals surface area contributed by atoms with Gasteiger partial charge in [-0.15, -0.1) is 5.10 Å². The molecule has 1 amide bonds. The summed E-state index contributed by atoms with van der Waals surface area (Å²) in [6, 6.07) is 3.66. The highest BCUT2D eigenvalue weighted by Crippen LogP contribution is 2.14. The van der Waals surface area contributed by atoms with Gasteiger partial charge in [0.05, 0.1) is 24.8 Å². The molecule has 0 spiro atoms. The van der Waals surface area contributed by atoms with Gasteiger partial charge in [-0.3, -0.25) is 9.59 Å². The minimum atomic E-state index is -0.565. The maximum Gasteiger partial charge on any atom is 0.307 e. The second kappa shape index (κ2) is 6.55. The molecule has 0 saturated heterocycles. The number of amides is 1. The van der Waals surface area contributed by atoms with Crippen molar-refractivity contribution in [3.05, 3.63) is 35.9 Å². The number of carbonyl (C=O) groups is 2. The molecule has 0 unspecified atom stereocenters. The van der Waals surface area contributed by atoms with Crippen LogP contribution in [0.15, 0.2) is 24.5 Å². The van der Waals surface area contributed by atoms with Crippen LogP contribution in [0, 0.1) is 5.82 Å². The van der Waals surface area contributed by atoms with Crippen LogP contribution in [0.4, 0.5) is 4.39 Å². The van der Waals surface area contributed by atoms with Crippen molar-refractivity contribution >= 4 is 11.9 Å². The van der Waals surface area contributed by atoms with Crippen molar-refractivity contribution in [1.29, 1.82) is 0 Å². The molecule has 110 valence electrons. The first-order chi connectivity index (χ1) is 10.1. The van der Waals surface area contributed by atoms with E-state index in [0.29, 0.717) is 5.69 Å². The minimum absolute atomic E-state index is 0.0256. The predicted octanol–water partition coefficient (Wildman–Crippen LogP) is 0.0943. The second-order valence-corrected chi connectivity index (χ2v) is 4.00. The number of aromatic nitrogens is 4. The third kappa shape index (κ3) is 3.59. The van der Waals surface area contributed by atoms with Gasteiger partial charge in [-0.25, -0.2) is 4.39 Å². The van der Waals surface area contributed by atoms with Gasteiger partial charge < -0.3 is 10.1 Å². The summed E-state index contributed by atoms with van der Waals surface area (Å²) in [6.45, 7) is 0.0804. The molecule has 9 heteroatoms. The molecular weight excluding hydrogens is 281 g/mol. The van der Waals surface area contributed by atoms with Crippen LogP contribution in [0.25, 0.3) is 5.69 Å². The van der Waals surface area contributed by atoms with Crippen LogP contribution >= 0.6 is 0 Å². The van der Waals surface area contributed by atoms with Gasteiger partial charge in [0, 0.05) is 6.54 Å². The summed E-state index contributed by atoms with van der Waals surface area (Å²) in [5.41, 5.74) is 0.393. The zero-order valence-corrected chi connectivity index (χ0v) is 11.1. The van der Waals surface area contributed by atoms with E-state index in [1.807, 2.05) is 0 Å². The average Bonchev–Trinajstić information content (AvgIpc) is 3.00. The van der Waals surface area contributed by atoms with Gasteiger partial charge in [0.15, 0.2) is 0 Å². The topological polar surface area (TPSA) is 99.0 Å². The minimum Gasteiger partial charge on any atom is -0.469 e. The van der Waals surface area contributed by atoms with Gasteiger partial charge in [0.25, 0.3) is 5.91 Å². The van der Waals surface area contributed by atoms with E-state index in [4.69, 9.17) is 0 Å². The Morgan fingerprint density at radius 1 is 1.43 bits per heavy atom. The summed E-state index contributed by atoms with van der Waals surface area (Å²) in [7, 11) is 1.26. The molecule has 1 N–H and O–H groups in total. The Kier molecular flexibility index (Phi) is 4.54. The van der Waals surface area contributed by atoms with Crippen molar-refractivity contribution in [1.82, 2.24) is 25.5 Å². The van der Waals surface area contributed by atoms with E-state index in [-0.39, 0.29) is 18.5 Å². The lowest BCUT2D eigenvalue weighted by Gasteiger charge is -2.09. The lowest BCUT2D eigenvalue weighted by molar-refractivity contribution is -0.140. The Morgan fingerprint density at radius 2 is 2.24 bits per heavy atom. The lowest BCUT2D eigenvalue weighted by atomic mass is 10.1. The molecule has 1 aromatic heterocycles. The quantitative estimate of drug-likeness (QED) is 0.785. The van der Waals surface area contributed by atoms with Gasteiger partial charge in [-0.05, 0) is 28.6 Å². The highest BCUT2D eigenvalue weighted by molar-refractivity contribution is 5.97. The largest absolute Gasteiger partial charge is 0.469 e. The van der Waals surface area contributed by atoms with Gasteiger partial charge in [0.1, 0.15) is 12.1 Å². The monoisotopic (exact) mass is 293 g/mol. The van der Waals surface area contributed by atoms with Gasteiger partial charge in [-0.1, -0.05) is 0 Å². The summed E-state index contributed by atoms with van der Waals surface area (Å²) < 4.78 is 19.0. The molecule has 0 bridgehead atoms. The fourth-order valence-electron chi connectivity index (χ4n) is 1.64. The fourth-order valence-corrected chi connectivity index (χ4v) is 1.64. The molecule has 1 heterocycles. The Balaban J connectivity index is 2.16. The first-order valence-corrected chi connectivity index (χ1v) is 5.99. The van der Waals surface area contributed by atoms with Crippen LogP contribution in [0.2, 0.25) is 0 Å². The number of rotatable bonds is 5. The average molecular weight is 293 g/mol. The van der Waals surface area contributed by atoms with E-state index in [1.165, 1.54) is 30.3 Å². The van der Waals surface area contributed by atoms with E-state index in [0.717, 1.165) is 6.07 Å². The second-order valence-electron chi connectivity index (χ2n) is 4.00. The molecule has 2 rings (SSSR count). The predicted molar refractivity (Wildman–Crippen MR) is 68.1 cm³/mol.